The molecule has 0 saturated carbocycles. The molecule has 2 N–H and O–H groups in total. The summed E-state index contributed by atoms with van der Waals surface area (Å²) in [5.41, 5.74) is 4.15. The molecule has 1 saturated heterocycles. The third kappa shape index (κ3) is 3.62. The second-order valence-corrected chi connectivity index (χ2v) is 6.91. The van der Waals surface area contributed by atoms with E-state index in [9.17, 15) is 4.79 Å². The Morgan fingerprint density at radius 2 is 2.00 bits per heavy atom. The van der Waals surface area contributed by atoms with Gasteiger partial charge in [0.1, 0.15) is 0 Å². The summed E-state index contributed by atoms with van der Waals surface area (Å²) >= 11 is 0. The van der Waals surface area contributed by atoms with Crippen molar-refractivity contribution < 1.29 is 9.53 Å². The molecule has 0 spiro atoms. The van der Waals surface area contributed by atoms with Crippen LogP contribution >= 0.6 is 0 Å². The van der Waals surface area contributed by atoms with Crippen molar-refractivity contribution in [2.24, 2.45) is 0 Å². The van der Waals surface area contributed by atoms with E-state index in [-0.39, 0.29) is 18.1 Å². The number of aromatic nitrogens is 1. The summed E-state index contributed by atoms with van der Waals surface area (Å²) in [6.45, 7) is 11.7. The molecule has 0 unspecified atom stereocenters. The number of morpholine rings is 1. The summed E-state index contributed by atoms with van der Waals surface area (Å²) in [6.07, 6.45) is 0.512. The van der Waals surface area contributed by atoms with Gasteiger partial charge < -0.3 is 15.0 Å². The largest absolute Gasteiger partial charge is 0.373 e. The number of nitrogens with zero attached hydrogens (tertiary/aromatic N) is 1. The molecule has 0 radical (unpaired) electrons. The second kappa shape index (κ2) is 6.95. The predicted octanol–water partition coefficient (Wildman–Crippen LogP) is 2.62. The van der Waals surface area contributed by atoms with E-state index in [1.165, 1.54) is 5.56 Å². The molecule has 2 heterocycles. The number of amides is 1. The highest BCUT2D eigenvalue weighted by atomic mass is 16.5. The Morgan fingerprint density at radius 1 is 1.29 bits per heavy atom. The van der Waals surface area contributed by atoms with E-state index >= 15 is 0 Å². The summed E-state index contributed by atoms with van der Waals surface area (Å²) in [5, 5.41) is 4.16. The van der Waals surface area contributed by atoms with Crippen LogP contribution in [0.2, 0.25) is 0 Å². The lowest BCUT2D eigenvalue weighted by molar-refractivity contribution is -0.0672. The van der Waals surface area contributed by atoms with Crippen LogP contribution in [-0.2, 0) is 4.74 Å². The second-order valence-electron chi connectivity index (χ2n) is 6.91. The minimum absolute atomic E-state index is 0.00971. The molecule has 1 aliphatic rings. The maximum Gasteiger partial charge on any atom is 0.251 e. The number of hydrogen-bond donors (Lipinski definition) is 2. The maximum atomic E-state index is 12.4. The molecular formula is C19H27N3O2. The molecule has 1 amide bonds. The maximum absolute atomic E-state index is 12.4. The molecule has 1 fully saturated rings. The van der Waals surface area contributed by atoms with E-state index in [1.54, 1.807) is 0 Å². The van der Waals surface area contributed by atoms with Crippen molar-refractivity contribution in [3.63, 3.8) is 0 Å². The molecule has 1 aliphatic heterocycles. The zero-order chi connectivity index (χ0) is 17.3. The van der Waals surface area contributed by atoms with Crippen LogP contribution < -0.4 is 5.32 Å². The fraction of sp³-hybridized carbons (Fsp3) is 0.526. The van der Waals surface area contributed by atoms with Gasteiger partial charge in [-0.05, 0) is 51.5 Å². The Morgan fingerprint density at radius 3 is 2.71 bits per heavy atom. The highest BCUT2D eigenvalue weighted by Crippen LogP contribution is 2.22. The Kier molecular flexibility index (Phi) is 4.92. The van der Waals surface area contributed by atoms with Crippen molar-refractivity contribution >= 4 is 16.8 Å². The third-order valence-electron chi connectivity index (χ3n) is 4.78. The topological polar surface area (TPSA) is 57.4 Å². The van der Waals surface area contributed by atoms with E-state index in [0.29, 0.717) is 12.1 Å². The normalized spacial score (nSPS) is 22.0. The number of aromatic amines is 1. The summed E-state index contributed by atoms with van der Waals surface area (Å²) < 4.78 is 5.74. The van der Waals surface area contributed by atoms with Crippen molar-refractivity contribution in [1.29, 1.82) is 0 Å². The lowest BCUT2D eigenvalue weighted by Gasteiger charge is -2.35. The number of benzene rings is 1. The fourth-order valence-corrected chi connectivity index (χ4v) is 3.50. The fourth-order valence-electron chi connectivity index (χ4n) is 3.50. The number of fused-ring (bicyclic) bond motifs is 1. The van der Waals surface area contributed by atoms with Gasteiger partial charge in [-0.2, -0.15) is 0 Å². The van der Waals surface area contributed by atoms with Gasteiger partial charge in [0.15, 0.2) is 0 Å². The number of nitrogens with one attached hydrogen (secondary N) is 2. The van der Waals surface area contributed by atoms with Crippen molar-refractivity contribution in [2.45, 2.75) is 39.9 Å². The first kappa shape index (κ1) is 17.0. The molecule has 2 atom stereocenters. The molecule has 0 aliphatic carbocycles. The van der Waals surface area contributed by atoms with Gasteiger partial charge in [0.05, 0.1) is 12.2 Å². The molecule has 0 bridgehead atoms. The summed E-state index contributed by atoms with van der Waals surface area (Å²) in [4.78, 5) is 18.1. The Balaban J connectivity index is 1.58. The first-order chi connectivity index (χ1) is 11.4. The molecular weight excluding hydrogens is 302 g/mol. The SMILES string of the molecule is Cc1[nH]c2ccc(C(=O)NCCN3C[C@H](C)O[C@@H](C)C3)cc2c1C. The van der Waals surface area contributed by atoms with Crippen molar-refractivity contribution in [3.05, 3.63) is 35.0 Å². The van der Waals surface area contributed by atoms with Gasteiger partial charge >= 0.3 is 0 Å². The van der Waals surface area contributed by atoms with E-state index in [1.807, 2.05) is 18.2 Å². The third-order valence-corrected chi connectivity index (χ3v) is 4.78. The quantitative estimate of drug-likeness (QED) is 0.906. The zero-order valence-electron chi connectivity index (χ0n) is 15.0. The van der Waals surface area contributed by atoms with E-state index < -0.39 is 0 Å². The number of H-pyrrole nitrogens is 1. The van der Waals surface area contributed by atoms with Gasteiger partial charge in [-0.1, -0.05) is 0 Å². The molecule has 1 aromatic carbocycles. The molecule has 130 valence electrons. The van der Waals surface area contributed by atoms with Crippen LogP contribution in [0.25, 0.3) is 10.9 Å². The average molecular weight is 329 g/mol. The van der Waals surface area contributed by atoms with Crippen LogP contribution in [0.15, 0.2) is 18.2 Å². The van der Waals surface area contributed by atoms with Crippen LogP contribution in [0.3, 0.4) is 0 Å². The minimum Gasteiger partial charge on any atom is -0.373 e. The number of rotatable bonds is 4. The molecule has 5 nitrogen and oxygen atoms in total. The highest BCUT2D eigenvalue weighted by molar-refractivity contribution is 5.99. The lowest BCUT2D eigenvalue weighted by Crippen LogP contribution is -2.47. The van der Waals surface area contributed by atoms with Crippen molar-refractivity contribution in [3.8, 4) is 0 Å². The Bertz CT molecular complexity index is 728. The molecule has 24 heavy (non-hydrogen) atoms. The van der Waals surface area contributed by atoms with Gasteiger partial charge in [0.2, 0.25) is 0 Å². The van der Waals surface area contributed by atoms with E-state index in [4.69, 9.17) is 4.74 Å². The molecule has 5 heteroatoms. The first-order valence-corrected chi connectivity index (χ1v) is 8.69. The van der Waals surface area contributed by atoms with Crippen molar-refractivity contribution in [2.75, 3.05) is 26.2 Å². The number of aryl methyl sites for hydroxylation is 2. The van der Waals surface area contributed by atoms with E-state index in [2.05, 4.69) is 42.9 Å². The predicted molar refractivity (Wildman–Crippen MR) is 96.6 cm³/mol. The van der Waals surface area contributed by atoms with Crippen LogP contribution in [-0.4, -0.2) is 54.2 Å². The Hall–Kier alpha value is -1.85. The average Bonchev–Trinajstić information content (AvgIpc) is 2.80. The Labute approximate surface area is 143 Å². The summed E-state index contributed by atoms with van der Waals surface area (Å²) in [6, 6.07) is 5.84. The number of ether oxygens (including phenoxy) is 1. The zero-order valence-corrected chi connectivity index (χ0v) is 15.0. The molecule has 1 aromatic heterocycles. The van der Waals surface area contributed by atoms with Crippen LogP contribution in [0.5, 0.6) is 0 Å². The molecule has 2 aromatic rings. The smallest absolute Gasteiger partial charge is 0.251 e. The first-order valence-electron chi connectivity index (χ1n) is 8.69. The van der Waals surface area contributed by atoms with Gasteiger partial charge in [0.25, 0.3) is 5.91 Å². The van der Waals surface area contributed by atoms with Gasteiger partial charge in [-0.3, -0.25) is 9.69 Å². The van der Waals surface area contributed by atoms with Gasteiger partial charge in [-0.15, -0.1) is 0 Å². The monoisotopic (exact) mass is 329 g/mol. The number of carbonyl (C=O) groups excluding carboxylic acids is 1. The van der Waals surface area contributed by atoms with Crippen molar-refractivity contribution in [1.82, 2.24) is 15.2 Å². The van der Waals surface area contributed by atoms with Crippen LogP contribution in [0.4, 0.5) is 0 Å². The van der Waals surface area contributed by atoms with Crippen LogP contribution in [0, 0.1) is 13.8 Å². The summed E-state index contributed by atoms with van der Waals surface area (Å²) in [5.74, 6) is -0.00971. The van der Waals surface area contributed by atoms with E-state index in [0.717, 1.165) is 36.2 Å². The number of carbonyl (C=O) groups is 1. The van der Waals surface area contributed by atoms with Gasteiger partial charge in [0, 0.05) is 48.3 Å². The standard InChI is InChI=1S/C19H27N3O2/c1-12-10-22(11-13(2)24-12)8-7-20-19(23)16-5-6-18-17(9-16)14(3)15(4)21-18/h5-6,9,12-13,21H,7-8,10-11H2,1-4H3,(H,20,23)/t12-,13-/m0/s1. The summed E-state index contributed by atoms with van der Waals surface area (Å²) in [7, 11) is 0. The van der Waals surface area contributed by atoms with Crippen LogP contribution in [0.1, 0.15) is 35.5 Å². The minimum atomic E-state index is -0.00971. The lowest BCUT2D eigenvalue weighted by atomic mass is 10.1. The molecule has 3 rings (SSSR count). The number of hydrogen-bond acceptors (Lipinski definition) is 3. The van der Waals surface area contributed by atoms with Gasteiger partial charge in [-0.25, -0.2) is 0 Å². The highest BCUT2D eigenvalue weighted by Gasteiger charge is 2.21.